The molecule has 4 nitrogen and oxygen atoms in total. The van der Waals surface area contributed by atoms with E-state index in [0.717, 1.165) is 38.1 Å². The van der Waals surface area contributed by atoms with Crippen molar-refractivity contribution < 1.29 is 18.0 Å². The molecule has 4 rings (SSSR count). The molecule has 3 aromatic rings. The molecule has 30 heavy (non-hydrogen) atoms. The fourth-order valence-corrected chi connectivity index (χ4v) is 4.74. The van der Waals surface area contributed by atoms with Gasteiger partial charge in [-0.05, 0) is 60.4 Å². The quantitative estimate of drug-likeness (QED) is 0.602. The summed E-state index contributed by atoms with van der Waals surface area (Å²) in [7, 11) is 0. The third-order valence-corrected chi connectivity index (χ3v) is 6.06. The lowest BCUT2D eigenvalue weighted by atomic mass is 9.95. The summed E-state index contributed by atoms with van der Waals surface area (Å²) in [6.07, 6.45) is -4.69. The van der Waals surface area contributed by atoms with Gasteiger partial charge in [0, 0.05) is 9.79 Å². The van der Waals surface area contributed by atoms with E-state index in [1.54, 1.807) is 16.7 Å². The molecule has 2 aromatic carbocycles. The summed E-state index contributed by atoms with van der Waals surface area (Å²) in [5.41, 5.74) is 1.24. The zero-order chi connectivity index (χ0) is 21.6. The van der Waals surface area contributed by atoms with Crippen LogP contribution in [0.3, 0.4) is 0 Å². The third-order valence-electron chi connectivity index (χ3n) is 4.92. The van der Waals surface area contributed by atoms with Crippen LogP contribution in [-0.4, -0.2) is 10.9 Å². The van der Waals surface area contributed by atoms with Gasteiger partial charge in [-0.2, -0.15) is 13.2 Å². The molecule has 154 valence electrons. The summed E-state index contributed by atoms with van der Waals surface area (Å²) < 4.78 is 38.4. The van der Waals surface area contributed by atoms with Crippen LogP contribution in [0.2, 0.25) is 0 Å². The Kier molecular flexibility index (Phi) is 4.97. The Morgan fingerprint density at radius 2 is 1.53 bits per heavy atom. The van der Waals surface area contributed by atoms with E-state index in [1.165, 1.54) is 0 Å². The normalized spacial score (nSPS) is 13.5. The molecule has 0 radical (unpaired) electrons. The number of carbonyl (C=O) groups is 1. The van der Waals surface area contributed by atoms with Crippen molar-refractivity contribution in [2.24, 2.45) is 0 Å². The second kappa shape index (κ2) is 7.36. The molecule has 2 N–H and O–H groups in total. The lowest BCUT2D eigenvalue weighted by Gasteiger charge is -2.29. The maximum Gasteiger partial charge on any atom is 0.431 e. The van der Waals surface area contributed by atoms with Gasteiger partial charge in [0.25, 0.3) is 11.5 Å². The van der Waals surface area contributed by atoms with Gasteiger partial charge < -0.3 is 10.3 Å². The number of hydrogen-bond donors (Lipinski definition) is 2. The Labute approximate surface area is 174 Å². The molecule has 0 spiro atoms. The van der Waals surface area contributed by atoms with Gasteiger partial charge in [0.05, 0.1) is 6.04 Å². The number of halogens is 3. The van der Waals surface area contributed by atoms with Crippen LogP contribution in [0.15, 0.2) is 63.1 Å². The topological polar surface area (TPSA) is 62.0 Å². The average Bonchev–Trinajstić information content (AvgIpc) is 2.66. The standard InChI is InChI=1S/C22H17F3N2O2S/c1-11-3-5-13-16(9-11)30-17-10-12(2)4-6-14(17)19(13)27-21(29)15-7-8-18(22(23,24)25)26-20(15)28/h3-10,19H,1-2H3,(H,26,28)(H,27,29). The van der Waals surface area contributed by atoms with Gasteiger partial charge >= 0.3 is 6.18 Å². The zero-order valence-electron chi connectivity index (χ0n) is 16.1. The second-order valence-electron chi connectivity index (χ2n) is 7.20. The molecule has 1 aliphatic heterocycles. The summed E-state index contributed by atoms with van der Waals surface area (Å²) in [5.74, 6) is -0.736. The number of hydrogen-bond acceptors (Lipinski definition) is 3. The molecule has 0 unspecified atom stereocenters. The first-order valence-electron chi connectivity index (χ1n) is 9.14. The van der Waals surface area contributed by atoms with E-state index < -0.39 is 29.4 Å². The molecular weight excluding hydrogens is 413 g/mol. The lowest BCUT2D eigenvalue weighted by Crippen LogP contribution is -2.35. The highest BCUT2D eigenvalue weighted by molar-refractivity contribution is 7.99. The van der Waals surface area contributed by atoms with Crippen molar-refractivity contribution in [2.45, 2.75) is 35.9 Å². The van der Waals surface area contributed by atoms with Gasteiger partial charge in [-0.25, -0.2) is 0 Å². The largest absolute Gasteiger partial charge is 0.431 e. The van der Waals surface area contributed by atoms with E-state index >= 15 is 0 Å². The predicted octanol–water partition coefficient (Wildman–Crippen LogP) is 4.99. The minimum atomic E-state index is -4.69. The zero-order valence-corrected chi connectivity index (χ0v) is 16.9. The molecule has 8 heteroatoms. The average molecular weight is 430 g/mol. The number of rotatable bonds is 2. The number of aryl methyl sites for hydroxylation is 2. The fraction of sp³-hybridized carbons (Fsp3) is 0.182. The van der Waals surface area contributed by atoms with E-state index in [-0.39, 0.29) is 5.56 Å². The Morgan fingerprint density at radius 3 is 2.03 bits per heavy atom. The summed E-state index contributed by atoms with van der Waals surface area (Å²) in [6, 6.07) is 12.8. The van der Waals surface area contributed by atoms with Crippen molar-refractivity contribution in [2.75, 3.05) is 0 Å². The SMILES string of the molecule is Cc1ccc2c(c1)Sc1cc(C)ccc1C2NC(=O)c1ccc(C(F)(F)F)[nH]c1=O. The van der Waals surface area contributed by atoms with Crippen molar-refractivity contribution in [1.29, 1.82) is 0 Å². The van der Waals surface area contributed by atoms with Gasteiger partial charge in [-0.3, -0.25) is 9.59 Å². The van der Waals surface area contributed by atoms with E-state index in [0.29, 0.717) is 6.07 Å². The van der Waals surface area contributed by atoms with E-state index in [2.05, 4.69) is 5.32 Å². The smallest absolute Gasteiger partial charge is 0.341 e. The molecule has 0 atom stereocenters. The summed E-state index contributed by atoms with van der Waals surface area (Å²) >= 11 is 1.60. The predicted molar refractivity (Wildman–Crippen MR) is 108 cm³/mol. The van der Waals surface area contributed by atoms with Gasteiger partial charge in [0.2, 0.25) is 0 Å². The molecule has 2 heterocycles. The molecule has 0 saturated carbocycles. The fourth-order valence-electron chi connectivity index (χ4n) is 3.41. The maximum absolute atomic E-state index is 12.8. The van der Waals surface area contributed by atoms with Gasteiger partial charge in [0.15, 0.2) is 0 Å². The first-order chi connectivity index (χ1) is 14.1. The number of alkyl halides is 3. The number of pyridine rings is 1. The number of fused-ring (bicyclic) bond motifs is 2. The Balaban J connectivity index is 1.73. The van der Waals surface area contributed by atoms with E-state index in [1.807, 2.05) is 50.2 Å². The van der Waals surface area contributed by atoms with Crippen molar-refractivity contribution >= 4 is 17.7 Å². The van der Waals surface area contributed by atoms with Crippen LogP contribution >= 0.6 is 11.8 Å². The van der Waals surface area contributed by atoms with E-state index in [9.17, 15) is 22.8 Å². The summed E-state index contributed by atoms with van der Waals surface area (Å²) in [4.78, 5) is 28.7. The highest BCUT2D eigenvalue weighted by Gasteiger charge is 2.33. The summed E-state index contributed by atoms with van der Waals surface area (Å²) in [6.45, 7) is 3.95. The molecule has 1 amide bonds. The van der Waals surface area contributed by atoms with Crippen LogP contribution in [0.5, 0.6) is 0 Å². The van der Waals surface area contributed by atoms with Crippen LogP contribution in [0.1, 0.15) is 44.3 Å². The molecule has 1 aromatic heterocycles. The van der Waals surface area contributed by atoms with E-state index in [4.69, 9.17) is 0 Å². The van der Waals surface area contributed by atoms with Crippen molar-refractivity contribution in [3.63, 3.8) is 0 Å². The van der Waals surface area contributed by atoms with Crippen molar-refractivity contribution in [1.82, 2.24) is 10.3 Å². The second-order valence-corrected chi connectivity index (χ2v) is 8.29. The molecule has 0 aliphatic carbocycles. The Bertz CT molecular complexity index is 1170. The highest BCUT2D eigenvalue weighted by atomic mass is 32.2. The molecule has 0 fully saturated rings. The highest BCUT2D eigenvalue weighted by Crippen LogP contribution is 2.45. The lowest BCUT2D eigenvalue weighted by molar-refractivity contribution is -0.141. The molecule has 0 saturated heterocycles. The number of aromatic nitrogens is 1. The molecule has 1 aliphatic rings. The number of nitrogens with one attached hydrogen (secondary N) is 2. The number of aromatic amines is 1. The first kappa shape index (κ1) is 20.3. The Hall–Kier alpha value is -3.00. The minimum absolute atomic E-state index is 0.372. The van der Waals surface area contributed by atoms with Gasteiger partial charge in [-0.15, -0.1) is 0 Å². The Morgan fingerprint density at radius 1 is 0.967 bits per heavy atom. The molecule has 0 bridgehead atoms. The first-order valence-corrected chi connectivity index (χ1v) is 9.95. The van der Waals surface area contributed by atoms with Crippen LogP contribution in [-0.2, 0) is 6.18 Å². The van der Waals surface area contributed by atoms with Gasteiger partial charge in [0.1, 0.15) is 11.3 Å². The minimum Gasteiger partial charge on any atom is -0.341 e. The van der Waals surface area contributed by atoms with Crippen molar-refractivity contribution in [3.8, 4) is 0 Å². The number of benzene rings is 2. The van der Waals surface area contributed by atoms with Crippen LogP contribution < -0.4 is 10.9 Å². The number of carbonyl (C=O) groups excluding carboxylic acids is 1. The molecular formula is C22H17F3N2O2S. The number of H-pyrrole nitrogens is 1. The van der Waals surface area contributed by atoms with Crippen molar-refractivity contribution in [3.05, 3.63) is 92.4 Å². The third kappa shape index (κ3) is 3.75. The van der Waals surface area contributed by atoms with Crippen LogP contribution in [0.25, 0.3) is 0 Å². The number of amides is 1. The van der Waals surface area contributed by atoms with Gasteiger partial charge in [-0.1, -0.05) is 36.0 Å². The van der Waals surface area contributed by atoms with Crippen LogP contribution in [0.4, 0.5) is 13.2 Å². The maximum atomic E-state index is 12.8. The monoisotopic (exact) mass is 430 g/mol. The summed E-state index contributed by atoms with van der Waals surface area (Å²) in [5, 5.41) is 2.83. The van der Waals surface area contributed by atoms with Crippen LogP contribution in [0, 0.1) is 13.8 Å².